The zero-order valence-corrected chi connectivity index (χ0v) is 7.07. The Labute approximate surface area is 71.4 Å². The lowest BCUT2D eigenvalue weighted by molar-refractivity contribution is 0.425. The summed E-state index contributed by atoms with van der Waals surface area (Å²) in [5.41, 5.74) is 1.71. The van der Waals surface area contributed by atoms with Gasteiger partial charge >= 0.3 is 7.12 Å². The van der Waals surface area contributed by atoms with Crippen molar-refractivity contribution in [1.82, 2.24) is 0 Å². The van der Waals surface area contributed by atoms with Crippen LogP contribution in [0.15, 0.2) is 12.1 Å². The van der Waals surface area contributed by atoms with Gasteiger partial charge in [-0.1, -0.05) is 12.1 Å². The van der Waals surface area contributed by atoms with Crippen molar-refractivity contribution in [2.24, 2.45) is 0 Å². The Balaban J connectivity index is 3.21. The average Bonchev–Trinajstić information content (AvgIpc) is 1.99. The van der Waals surface area contributed by atoms with E-state index in [1.165, 1.54) is 0 Å². The molecule has 0 aliphatic rings. The molecule has 0 saturated carbocycles. The van der Waals surface area contributed by atoms with Gasteiger partial charge in [0.1, 0.15) is 5.75 Å². The van der Waals surface area contributed by atoms with E-state index in [1.807, 2.05) is 0 Å². The third-order valence-electron chi connectivity index (χ3n) is 1.81. The minimum absolute atomic E-state index is 0.208. The molecule has 1 aromatic carbocycles. The largest absolute Gasteiger partial charge is 0.507 e. The molecule has 1 aromatic rings. The second-order valence-electron chi connectivity index (χ2n) is 2.88. The van der Waals surface area contributed by atoms with Gasteiger partial charge in [0.2, 0.25) is 0 Å². The van der Waals surface area contributed by atoms with Gasteiger partial charge in [-0.25, -0.2) is 0 Å². The quantitative estimate of drug-likeness (QED) is 0.501. The van der Waals surface area contributed by atoms with Crippen LogP contribution >= 0.6 is 0 Å². The second-order valence-corrected chi connectivity index (χ2v) is 2.88. The number of phenols is 1. The fourth-order valence-electron chi connectivity index (χ4n) is 1.14. The van der Waals surface area contributed by atoms with E-state index in [1.54, 1.807) is 26.0 Å². The molecule has 0 aliphatic heterocycles. The third kappa shape index (κ3) is 1.60. The summed E-state index contributed by atoms with van der Waals surface area (Å²) in [7, 11) is -1.47. The molecule has 0 atom stereocenters. The van der Waals surface area contributed by atoms with Crippen molar-refractivity contribution in [3.05, 3.63) is 23.3 Å². The molecule has 0 radical (unpaired) electrons. The summed E-state index contributed by atoms with van der Waals surface area (Å²) in [6, 6.07) is 3.10. The van der Waals surface area contributed by atoms with E-state index in [4.69, 9.17) is 10.0 Å². The Bertz CT molecular complexity index is 273. The minimum Gasteiger partial charge on any atom is -0.507 e. The number of hydrogen-bond acceptors (Lipinski definition) is 3. The summed E-state index contributed by atoms with van der Waals surface area (Å²) in [5.74, 6) is 0.208. The fourth-order valence-corrected chi connectivity index (χ4v) is 1.14. The van der Waals surface area contributed by atoms with Crippen molar-refractivity contribution < 1.29 is 15.2 Å². The minimum atomic E-state index is -1.47. The first kappa shape index (κ1) is 9.10. The maximum atomic E-state index is 9.35. The lowest BCUT2D eigenvalue weighted by Crippen LogP contribution is -2.30. The monoisotopic (exact) mass is 166 g/mol. The van der Waals surface area contributed by atoms with Crippen molar-refractivity contribution in [2.75, 3.05) is 0 Å². The molecule has 0 unspecified atom stereocenters. The van der Waals surface area contributed by atoms with E-state index in [0.29, 0.717) is 16.6 Å². The van der Waals surface area contributed by atoms with Gasteiger partial charge in [-0.05, 0) is 30.4 Å². The van der Waals surface area contributed by atoms with Gasteiger partial charge in [0.05, 0.1) is 0 Å². The molecule has 4 heteroatoms. The van der Waals surface area contributed by atoms with Crippen LogP contribution in [0.25, 0.3) is 0 Å². The highest BCUT2D eigenvalue weighted by Gasteiger charge is 2.13. The maximum absolute atomic E-state index is 9.35. The molecule has 0 aromatic heterocycles. The highest BCUT2D eigenvalue weighted by molar-refractivity contribution is 6.58. The van der Waals surface area contributed by atoms with Crippen molar-refractivity contribution in [2.45, 2.75) is 13.8 Å². The summed E-state index contributed by atoms with van der Waals surface area (Å²) in [4.78, 5) is 0. The van der Waals surface area contributed by atoms with E-state index in [2.05, 4.69) is 0 Å². The first-order chi connectivity index (χ1) is 5.52. The molecule has 3 nitrogen and oxygen atoms in total. The summed E-state index contributed by atoms with van der Waals surface area (Å²) >= 11 is 0. The van der Waals surface area contributed by atoms with E-state index >= 15 is 0 Å². The Kier molecular flexibility index (Phi) is 2.40. The van der Waals surface area contributed by atoms with Crippen molar-refractivity contribution in [3.8, 4) is 5.75 Å². The van der Waals surface area contributed by atoms with Gasteiger partial charge in [0.25, 0.3) is 0 Å². The highest BCUT2D eigenvalue weighted by atomic mass is 16.4. The smallest absolute Gasteiger partial charge is 0.488 e. The number of aryl methyl sites for hydroxylation is 2. The predicted octanol–water partition coefficient (Wildman–Crippen LogP) is -0.311. The van der Waals surface area contributed by atoms with Gasteiger partial charge in [0.15, 0.2) is 0 Å². The fraction of sp³-hybridized carbons (Fsp3) is 0.250. The lowest BCUT2D eigenvalue weighted by Gasteiger charge is -2.06. The third-order valence-corrected chi connectivity index (χ3v) is 1.81. The normalized spacial score (nSPS) is 10.0. The molecule has 64 valence electrons. The summed E-state index contributed by atoms with van der Waals surface area (Å²) in [5, 5.41) is 27.0. The molecule has 0 fully saturated rings. The Morgan fingerprint density at radius 3 is 1.83 bits per heavy atom. The molecule has 0 heterocycles. The van der Waals surface area contributed by atoms with Crippen LogP contribution in [-0.4, -0.2) is 22.3 Å². The standard InChI is InChI=1S/C8H11BO3/c1-5-3-7(9(11)12)4-6(2)8(5)10/h3-4,10-12H,1-2H3. The van der Waals surface area contributed by atoms with Gasteiger partial charge in [-0.15, -0.1) is 0 Å². The van der Waals surface area contributed by atoms with Crippen LogP contribution in [0.1, 0.15) is 11.1 Å². The van der Waals surface area contributed by atoms with Crippen LogP contribution in [0.5, 0.6) is 5.75 Å². The first-order valence-corrected chi connectivity index (χ1v) is 3.68. The van der Waals surface area contributed by atoms with Gasteiger partial charge in [0, 0.05) is 0 Å². The zero-order valence-electron chi connectivity index (χ0n) is 7.07. The van der Waals surface area contributed by atoms with Gasteiger partial charge in [-0.3, -0.25) is 0 Å². The lowest BCUT2D eigenvalue weighted by atomic mass is 9.78. The van der Waals surface area contributed by atoms with E-state index in [0.717, 1.165) is 0 Å². The molecule has 0 saturated heterocycles. The number of phenolic OH excluding ortho intramolecular Hbond substituents is 1. The summed E-state index contributed by atoms with van der Waals surface area (Å²) < 4.78 is 0. The van der Waals surface area contributed by atoms with Crippen molar-refractivity contribution >= 4 is 12.6 Å². The predicted molar refractivity (Wildman–Crippen MR) is 47.4 cm³/mol. The van der Waals surface area contributed by atoms with Crippen LogP contribution in [0.3, 0.4) is 0 Å². The Hall–Kier alpha value is -0.995. The number of rotatable bonds is 1. The Morgan fingerprint density at radius 2 is 1.50 bits per heavy atom. The van der Waals surface area contributed by atoms with Crippen LogP contribution in [0.2, 0.25) is 0 Å². The van der Waals surface area contributed by atoms with Crippen molar-refractivity contribution in [3.63, 3.8) is 0 Å². The zero-order chi connectivity index (χ0) is 9.30. The maximum Gasteiger partial charge on any atom is 0.488 e. The molecule has 0 aliphatic carbocycles. The first-order valence-electron chi connectivity index (χ1n) is 3.68. The SMILES string of the molecule is Cc1cc(B(O)O)cc(C)c1O. The molecule has 1 rings (SSSR count). The molecule has 3 N–H and O–H groups in total. The molecular formula is C8H11BO3. The average molecular weight is 166 g/mol. The number of hydrogen-bond donors (Lipinski definition) is 3. The number of aromatic hydroxyl groups is 1. The van der Waals surface area contributed by atoms with Crippen LogP contribution in [0, 0.1) is 13.8 Å². The van der Waals surface area contributed by atoms with Gasteiger partial charge < -0.3 is 15.2 Å². The number of benzene rings is 1. The van der Waals surface area contributed by atoms with Crippen LogP contribution < -0.4 is 5.46 Å². The molecule has 0 bridgehead atoms. The van der Waals surface area contributed by atoms with Crippen molar-refractivity contribution in [1.29, 1.82) is 0 Å². The Morgan fingerprint density at radius 1 is 1.08 bits per heavy atom. The highest BCUT2D eigenvalue weighted by Crippen LogP contribution is 2.18. The summed E-state index contributed by atoms with van der Waals surface area (Å²) in [6.45, 7) is 3.43. The van der Waals surface area contributed by atoms with Crippen LogP contribution in [0.4, 0.5) is 0 Å². The summed E-state index contributed by atoms with van der Waals surface area (Å²) in [6.07, 6.45) is 0. The van der Waals surface area contributed by atoms with E-state index in [-0.39, 0.29) is 5.75 Å². The van der Waals surface area contributed by atoms with E-state index in [9.17, 15) is 5.11 Å². The van der Waals surface area contributed by atoms with Gasteiger partial charge in [-0.2, -0.15) is 0 Å². The topological polar surface area (TPSA) is 60.7 Å². The molecular weight excluding hydrogens is 155 g/mol. The second kappa shape index (κ2) is 3.17. The molecule has 0 spiro atoms. The molecule has 0 amide bonds. The van der Waals surface area contributed by atoms with E-state index < -0.39 is 7.12 Å². The molecule has 12 heavy (non-hydrogen) atoms. The van der Waals surface area contributed by atoms with Crippen LogP contribution in [-0.2, 0) is 0 Å².